The van der Waals surface area contributed by atoms with Crippen LogP contribution in [0.2, 0.25) is 0 Å². The second-order valence-electron chi connectivity index (χ2n) is 10.6. The van der Waals surface area contributed by atoms with Gasteiger partial charge in [-0.25, -0.2) is 4.79 Å². The van der Waals surface area contributed by atoms with Gasteiger partial charge >= 0.3 is 12.0 Å². The van der Waals surface area contributed by atoms with Crippen LogP contribution in [0.25, 0.3) is 0 Å². The fourth-order valence-electron chi connectivity index (χ4n) is 5.08. The van der Waals surface area contributed by atoms with Gasteiger partial charge in [-0.05, 0) is 60.4 Å². The molecule has 1 aliphatic carbocycles. The van der Waals surface area contributed by atoms with Crippen LogP contribution in [0.4, 0.5) is 16.2 Å². The highest BCUT2D eigenvalue weighted by atomic mass is 16.5. The van der Waals surface area contributed by atoms with Crippen molar-refractivity contribution in [2.75, 3.05) is 10.6 Å². The van der Waals surface area contributed by atoms with E-state index in [1.165, 1.54) is 18.4 Å². The first kappa shape index (κ1) is 27.9. The van der Waals surface area contributed by atoms with E-state index >= 15 is 0 Å². The normalized spacial score (nSPS) is 14.2. The zero-order valence-corrected chi connectivity index (χ0v) is 22.4. The molecule has 9 heteroatoms. The summed E-state index contributed by atoms with van der Waals surface area (Å²) in [7, 11) is 0. The Kier molecular flexibility index (Phi) is 9.35. The fourth-order valence-corrected chi connectivity index (χ4v) is 5.08. The van der Waals surface area contributed by atoms with E-state index in [0.717, 1.165) is 24.1 Å². The van der Waals surface area contributed by atoms with Crippen molar-refractivity contribution in [1.29, 1.82) is 0 Å². The molecule has 1 aliphatic rings. The molecule has 39 heavy (non-hydrogen) atoms. The standard InChI is InChI=1S/C30H36N4O5/c1-19(2)15-26(27-17-23(39-34-27)18-29(36)37)32-28(35)16-20-11-13-22(14-12-20)31-30(38)33-25-10-6-5-9-24(25)21-7-3-4-8-21/h5-6,9-14,17,19,21,26H,3-4,7-8,15-16,18H2,1-2H3,(H,32,35)(H,36,37)(H2,31,33,38). The van der Waals surface area contributed by atoms with Gasteiger partial charge in [0, 0.05) is 17.4 Å². The molecule has 1 aromatic heterocycles. The molecular formula is C30H36N4O5. The van der Waals surface area contributed by atoms with Crippen molar-refractivity contribution in [3.05, 3.63) is 77.2 Å². The molecule has 1 atom stereocenters. The van der Waals surface area contributed by atoms with Crippen LogP contribution in [-0.2, 0) is 22.4 Å². The highest BCUT2D eigenvalue weighted by molar-refractivity contribution is 6.00. The molecule has 1 unspecified atom stereocenters. The van der Waals surface area contributed by atoms with Crippen molar-refractivity contribution in [1.82, 2.24) is 10.5 Å². The molecule has 0 radical (unpaired) electrons. The molecule has 0 spiro atoms. The topological polar surface area (TPSA) is 134 Å². The molecule has 4 N–H and O–H groups in total. The Morgan fingerprint density at radius 1 is 1.00 bits per heavy atom. The van der Waals surface area contributed by atoms with Gasteiger partial charge in [0.1, 0.15) is 17.9 Å². The van der Waals surface area contributed by atoms with Crippen LogP contribution in [0.3, 0.4) is 0 Å². The molecule has 3 aromatic rings. The molecule has 206 valence electrons. The highest BCUT2D eigenvalue weighted by Gasteiger charge is 2.22. The van der Waals surface area contributed by atoms with Crippen LogP contribution >= 0.6 is 0 Å². The lowest BCUT2D eigenvalue weighted by molar-refractivity contribution is -0.136. The monoisotopic (exact) mass is 532 g/mol. The number of anilines is 2. The minimum absolute atomic E-state index is 0.148. The summed E-state index contributed by atoms with van der Waals surface area (Å²) in [5, 5.41) is 21.8. The quantitative estimate of drug-likeness (QED) is 0.238. The van der Waals surface area contributed by atoms with Gasteiger partial charge in [0.2, 0.25) is 5.91 Å². The maximum atomic E-state index is 12.8. The summed E-state index contributed by atoms with van der Waals surface area (Å²) in [6.45, 7) is 4.07. The zero-order valence-electron chi connectivity index (χ0n) is 22.4. The van der Waals surface area contributed by atoms with E-state index in [2.05, 4.69) is 27.2 Å². The van der Waals surface area contributed by atoms with Crippen molar-refractivity contribution in [3.63, 3.8) is 0 Å². The Bertz CT molecular complexity index is 1280. The van der Waals surface area contributed by atoms with Crippen LogP contribution in [0, 0.1) is 5.92 Å². The highest BCUT2D eigenvalue weighted by Crippen LogP contribution is 2.37. The summed E-state index contributed by atoms with van der Waals surface area (Å²) < 4.78 is 5.13. The Morgan fingerprint density at radius 3 is 2.41 bits per heavy atom. The van der Waals surface area contributed by atoms with Gasteiger partial charge in [0.15, 0.2) is 0 Å². The zero-order chi connectivity index (χ0) is 27.8. The number of urea groups is 1. The molecule has 2 aromatic carbocycles. The lowest BCUT2D eigenvalue weighted by Crippen LogP contribution is -2.31. The number of amides is 3. The molecule has 4 rings (SSSR count). The van der Waals surface area contributed by atoms with E-state index in [1.54, 1.807) is 30.3 Å². The summed E-state index contributed by atoms with van der Waals surface area (Å²) in [5.41, 5.74) is 3.95. The first-order valence-electron chi connectivity index (χ1n) is 13.5. The Hall–Kier alpha value is -4.14. The van der Waals surface area contributed by atoms with Crippen molar-refractivity contribution in [2.24, 2.45) is 5.92 Å². The maximum Gasteiger partial charge on any atom is 0.323 e. The van der Waals surface area contributed by atoms with Gasteiger partial charge in [0.25, 0.3) is 0 Å². The Labute approximate surface area is 228 Å². The Balaban J connectivity index is 1.32. The van der Waals surface area contributed by atoms with E-state index in [1.807, 2.05) is 32.0 Å². The fraction of sp³-hybridized carbons (Fsp3) is 0.400. The van der Waals surface area contributed by atoms with E-state index in [4.69, 9.17) is 9.63 Å². The van der Waals surface area contributed by atoms with Crippen LogP contribution in [0.5, 0.6) is 0 Å². The third-order valence-corrected chi connectivity index (χ3v) is 6.88. The van der Waals surface area contributed by atoms with Gasteiger partial charge in [0.05, 0.1) is 12.5 Å². The van der Waals surface area contributed by atoms with Crippen molar-refractivity contribution >= 4 is 29.3 Å². The first-order valence-corrected chi connectivity index (χ1v) is 13.5. The minimum atomic E-state index is -1.01. The number of carboxylic acid groups (broad SMARTS) is 1. The van der Waals surface area contributed by atoms with Gasteiger partial charge < -0.3 is 25.6 Å². The number of aromatic nitrogens is 1. The average Bonchev–Trinajstić information content (AvgIpc) is 3.57. The van der Waals surface area contributed by atoms with Gasteiger partial charge in [-0.2, -0.15) is 0 Å². The van der Waals surface area contributed by atoms with Crippen LogP contribution < -0.4 is 16.0 Å². The van der Waals surface area contributed by atoms with Crippen LogP contribution in [0.1, 0.15) is 80.5 Å². The van der Waals surface area contributed by atoms with Crippen LogP contribution in [0.15, 0.2) is 59.1 Å². The molecule has 1 saturated carbocycles. The van der Waals surface area contributed by atoms with Crippen molar-refractivity contribution in [2.45, 2.75) is 70.8 Å². The maximum absolute atomic E-state index is 12.8. The molecular weight excluding hydrogens is 496 g/mol. The number of rotatable bonds is 11. The number of nitrogens with zero attached hydrogens (tertiary/aromatic N) is 1. The van der Waals surface area contributed by atoms with E-state index < -0.39 is 5.97 Å². The number of hydrogen-bond acceptors (Lipinski definition) is 5. The largest absolute Gasteiger partial charge is 0.481 e. The smallest absolute Gasteiger partial charge is 0.323 e. The summed E-state index contributed by atoms with van der Waals surface area (Å²) in [4.78, 5) is 36.5. The number of carboxylic acids is 1. The lowest BCUT2D eigenvalue weighted by atomic mass is 9.96. The molecule has 3 amide bonds. The number of hydrogen-bond donors (Lipinski definition) is 4. The second-order valence-corrected chi connectivity index (χ2v) is 10.6. The third-order valence-electron chi connectivity index (χ3n) is 6.88. The molecule has 1 fully saturated rings. The summed E-state index contributed by atoms with van der Waals surface area (Å²) in [5.74, 6) is -0.189. The average molecular weight is 533 g/mol. The Morgan fingerprint density at radius 2 is 1.72 bits per heavy atom. The molecule has 1 heterocycles. The van der Waals surface area contributed by atoms with E-state index in [-0.39, 0.29) is 42.5 Å². The minimum Gasteiger partial charge on any atom is -0.481 e. The SMILES string of the molecule is CC(C)CC(NC(=O)Cc1ccc(NC(=O)Nc2ccccc2C2CCCC2)cc1)c1cc(CC(=O)O)on1. The second kappa shape index (κ2) is 13.1. The van der Waals surface area contributed by atoms with Gasteiger partial charge in [-0.1, -0.05) is 62.2 Å². The summed E-state index contributed by atoms with van der Waals surface area (Å²) in [6, 6.07) is 16.0. The lowest BCUT2D eigenvalue weighted by Gasteiger charge is -2.18. The first-order chi connectivity index (χ1) is 18.8. The van der Waals surface area contributed by atoms with Gasteiger partial charge in [-0.3, -0.25) is 9.59 Å². The molecule has 0 bridgehead atoms. The van der Waals surface area contributed by atoms with E-state index in [0.29, 0.717) is 23.7 Å². The van der Waals surface area contributed by atoms with Crippen molar-refractivity contribution in [3.8, 4) is 0 Å². The molecule has 9 nitrogen and oxygen atoms in total. The number of aliphatic carboxylic acids is 1. The summed E-state index contributed by atoms with van der Waals surface area (Å²) in [6.07, 6.45) is 5.27. The van der Waals surface area contributed by atoms with Gasteiger partial charge in [-0.15, -0.1) is 0 Å². The molecule has 0 aliphatic heterocycles. The number of carbonyl (C=O) groups is 3. The van der Waals surface area contributed by atoms with Crippen LogP contribution in [-0.4, -0.2) is 28.2 Å². The number of nitrogens with one attached hydrogen (secondary N) is 3. The predicted molar refractivity (Wildman–Crippen MR) is 149 cm³/mol. The summed E-state index contributed by atoms with van der Waals surface area (Å²) >= 11 is 0. The number of carbonyl (C=O) groups excluding carboxylic acids is 2. The third kappa shape index (κ3) is 8.17. The van der Waals surface area contributed by atoms with E-state index in [9.17, 15) is 14.4 Å². The number of benzene rings is 2. The van der Waals surface area contributed by atoms with Crippen molar-refractivity contribution < 1.29 is 24.0 Å². The number of para-hydroxylation sites is 1. The molecule has 0 saturated heterocycles. The predicted octanol–water partition coefficient (Wildman–Crippen LogP) is 6.05.